The van der Waals surface area contributed by atoms with E-state index in [-0.39, 0.29) is 18.3 Å². The molecule has 0 spiro atoms. The van der Waals surface area contributed by atoms with E-state index in [2.05, 4.69) is 4.74 Å². The number of thioether (sulfide) groups is 1. The third-order valence-corrected chi connectivity index (χ3v) is 3.33. The molecule has 0 heterocycles. The fraction of sp³-hybridized carbons (Fsp3) is 0.733. The van der Waals surface area contributed by atoms with Gasteiger partial charge in [0.1, 0.15) is 0 Å². The number of esters is 3. The largest absolute Gasteiger partial charge is 0.428 e. The normalized spacial score (nSPS) is 10.4. The highest BCUT2D eigenvalue weighted by Crippen LogP contribution is 2.09. The molecule has 8 nitrogen and oxygen atoms in total. The fourth-order valence-electron chi connectivity index (χ4n) is 1.11. The van der Waals surface area contributed by atoms with Crippen LogP contribution in [0.15, 0.2) is 0 Å². The molecule has 0 saturated heterocycles. The van der Waals surface area contributed by atoms with Crippen molar-refractivity contribution in [3.05, 3.63) is 0 Å². The lowest BCUT2D eigenvalue weighted by Crippen LogP contribution is -2.16. The molecule has 0 aromatic carbocycles. The molecule has 0 bridgehead atoms. The minimum atomic E-state index is -0.592. The molecule has 0 aromatic rings. The zero-order valence-corrected chi connectivity index (χ0v) is 15.2. The first-order valence-electron chi connectivity index (χ1n) is 7.52. The van der Waals surface area contributed by atoms with Gasteiger partial charge in [-0.05, 0) is 18.2 Å². The molecule has 0 rings (SSSR count). The third-order valence-electron chi connectivity index (χ3n) is 2.49. The van der Waals surface area contributed by atoms with Gasteiger partial charge < -0.3 is 18.9 Å². The van der Waals surface area contributed by atoms with Crippen molar-refractivity contribution in [2.75, 3.05) is 19.3 Å². The summed E-state index contributed by atoms with van der Waals surface area (Å²) in [7, 11) is 0. The fourth-order valence-corrected chi connectivity index (χ4v) is 1.69. The maximum Gasteiger partial charge on any atom is 0.370 e. The molecule has 9 heteroatoms. The molecule has 0 unspecified atom stereocenters. The maximum absolute atomic E-state index is 11.4. The Labute approximate surface area is 145 Å². The molecule has 0 aliphatic heterocycles. The maximum atomic E-state index is 11.4. The summed E-state index contributed by atoms with van der Waals surface area (Å²) in [6.07, 6.45) is 0.477. The molecule has 0 aliphatic carbocycles. The molecule has 0 N–H and O–H groups in total. The van der Waals surface area contributed by atoms with Crippen LogP contribution < -0.4 is 0 Å². The van der Waals surface area contributed by atoms with Gasteiger partial charge >= 0.3 is 23.2 Å². The van der Waals surface area contributed by atoms with E-state index in [1.165, 1.54) is 0 Å². The minimum Gasteiger partial charge on any atom is -0.428 e. The summed E-state index contributed by atoms with van der Waals surface area (Å²) in [6.45, 7) is 5.84. The number of carbonyl (C=O) groups excluding carboxylic acids is 4. The molecule has 138 valence electrons. The van der Waals surface area contributed by atoms with E-state index in [1.807, 2.05) is 0 Å². The van der Waals surface area contributed by atoms with Gasteiger partial charge in [0.15, 0.2) is 0 Å². The summed E-state index contributed by atoms with van der Waals surface area (Å²) in [5, 5.41) is -0.592. The summed E-state index contributed by atoms with van der Waals surface area (Å²) in [5.74, 6) is -1.65. The molecule has 0 aromatic heterocycles. The molecule has 0 radical (unpaired) electrons. The van der Waals surface area contributed by atoms with E-state index in [4.69, 9.17) is 14.2 Å². The molecule has 24 heavy (non-hydrogen) atoms. The van der Waals surface area contributed by atoms with Crippen LogP contribution in [0.2, 0.25) is 0 Å². The summed E-state index contributed by atoms with van der Waals surface area (Å²) in [4.78, 5) is 44.9. The SMILES string of the molecule is CC(C)C(=O)OCOC(=O)CCCSC(=O)OCOC(=O)C(C)C. The van der Waals surface area contributed by atoms with Crippen LogP contribution >= 0.6 is 11.8 Å². The number of hydrogen-bond donors (Lipinski definition) is 0. The zero-order chi connectivity index (χ0) is 18.5. The average molecular weight is 364 g/mol. The van der Waals surface area contributed by atoms with Gasteiger partial charge in [-0.15, -0.1) is 0 Å². The van der Waals surface area contributed by atoms with Crippen LogP contribution in [0, 0.1) is 11.8 Å². The van der Waals surface area contributed by atoms with Crippen molar-refractivity contribution in [3.8, 4) is 0 Å². The average Bonchev–Trinajstić information content (AvgIpc) is 2.51. The number of carbonyl (C=O) groups is 4. The first-order valence-corrected chi connectivity index (χ1v) is 8.51. The summed E-state index contributed by atoms with van der Waals surface area (Å²) in [6, 6.07) is 0. The van der Waals surface area contributed by atoms with Crippen molar-refractivity contribution in [1.29, 1.82) is 0 Å². The van der Waals surface area contributed by atoms with E-state index in [0.717, 1.165) is 11.8 Å². The Hall–Kier alpha value is -1.77. The Kier molecular flexibility index (Phi) is 11.7. The van der Waals surface area contributed by atoms with Crippen LogP contribution in [0.25, 0.3) is 0 Å². The van der Waals surface area contributed by atoms with Crippen molar-refractivity contribution in [1.82, 2.24) is 0 Å². The van der Waals surface area contributed by atoms with Crippen molar-refractivity contribution >= 4 is 35.0 Å². The van der Waals surface area contributed by atoms with Gasteiger partial charge in [-0.3, -0.25) is 14.4 Å². The van der Waals surface area contributed by atoms with Crippen LogP contribution in [0.3, 0.4) is 0 Å². The Balaban J connectivity index is 3.60. The predicted molar refractivity (Wildman–Crippen MR) is 85.9 cm³/mol. The smallest absolute Gasteiger partial charge is 0.370 e. The van der Waals surface area contributed by atoms with Crippen LogP contribution in [-0.2, 0) is 33.3 Å². The number of ether oxygens (including phenoxy) is 4. The molecule has 0 atom stereocenters. The Morgan fingerprint density at radius 2 is 1.29 bits per heavy atom. The first-order chi connectivity index (χ1) is 11.2. The van der Waals surface area contributed by atoms with E-state index in [9.17, 15) is 19.2 Å². The Bertz CT molecular complexity index is 393. The minimum absolute atomic E-state index is 0.0852. The van der Waals surface area contributed by atoms with E-state index in [1.54, 1.807) is 27.7 Å². The highest BCUT2D eigenvalue weighted by atomic mass is 32.2. The van der Waals surface area contributed by atoms with Gasteiger partial charge in [0.2, 0.25) is 13.6 Å². The highest BCUT2D eigenvalue weighted by molar-refractivity contribution is 8.13. The van der Waals surface area contributed by atoms with Crippen LogP contribution in [0.1, 0.15) is 40.5 Å². The van der Waals surface area contributed by atoms with Crippen LogP contribution in [0.5, 0.6) is 0 Å². The Morgan fingerprint density at radius 1 is 0.792 bits per heavy atom. The second-order valence-corrected chi connectivity index (χ2v) is 6.36. The lowest BCUT2D eigenvalue weighted by Gasteiger charge is -2.08. The van der Waals surface area contributed by atoms with E-state index < -0.39 is 36.8 Å². The Morgan fingerprint density at radius 3 is 1.79 bits per heavy atom. The van der Waals surface area contributed by atoms with Crippen LogP contribution in [-0.4, -0.2) is 42.5 Å². The molecule has 0 aliphatic rings. The van der Waals surface area contributed by atoms with Gasteiger partial charge in [-0.25, -0.2) is 4.79 Å². The van der Waals surface area contributed by atoms with Gasteiger partial charge in [-0.1, -0.05) is 27.7 Å². The molecule has 0 fully saturated rings. The lowest BCUT2D eigenvalue weighted by atomic mass is 10.2. The van der Waals surface area contributed by atoms with Crippen molar-refractivity contribution in [2.45, 2.75) is 40.5 Å². The van der Waals surface area contributed by atoms with E-state index >= 15 is 0 Å². The molecule has 0 saturated carbocycles. The van der Waals surface area contributed by atoms with E-state index in [0.29, 0.717) is 12.2 Å². The first kappa shape index (κ1) is 22.2. The summed E-state index contributed by atoms with van der Waals surface area (Å²) >= 11 is 0.866. The predicted octanol–water partition coefficient (Wildman–Crippen LogP) is 2.49. The van der Waals surface area contributed by atoms with Crippen molar-refractivity contribution in [3.63, 3.8) is 0 Å². The quantitative estimate of drug-likeness (QED) is 0.328. The standard InChI is InChI=1S/C15H24O8S/c1-10(2)13(17)21-8-20-12(16)6-5-7-24-15(19)23-9-22-14(18)11(3)4/h10-11H,5-9H2,1-4H3. The van der Waals surface area contributed by atoms with Gasteiger partial charge in [0, 0.05) is 12.2 Å². The molecule has 0 amide bonds. The highest BCUT2D eigenvalue weighted by Gasteiger charge is 2.12. The van der Waals surface area contributed by atoms with Crippen LogP contribution in [0.4, 0.5) is 4.79 Å². The number of rotatable bonds is 10. The summed E-state index contributed by atoms with van der Waals surface area (Å²) < 4.78 is 18.8. The topological polar surface area (TPSA) is 105 Å². The van der Waals surface area contributed by atoms with Gasteiger partial charge in [0.05, 0.1) is 11.8 Å². The lowest BCUT2D eigenvalue weighted by molar-refractivity contribution is -0.169. The third kappa shape index (κ3) is 11.8. The molecular formula is C15H24O8S. The van der Waals surface area contributed by atoms with Gasteiger partial charge in [0.25, 0.3) is 0 Å². The van der Waals surface area contributed by atoms with Crippen molar-refractivity contribution < 1.29 is 38.1 Å². The second kappa shape index (κ2) is 12.6. The second-order valence-electron chi connectivity index (χ2n) is 5.33. The number of hydrogen-bond acceptors (Lipinski definition) is 9. The van der Waals surface area contributed by atoms with Crippen molar-refractivity contribution in [2.24, 2.45) is 11.8 Å². The molecular weight excluding hydrogens is 340 g/mol. The zero-order valence-electron chi connectivity index (χ0n) is 14.4. The van der Waals surface area contributed by atoms with Gasteiger partial charge in [-0.2, -0.15) is 0 Å². The monoisotopic (exact) mass is 364 g/mol. The summed E-state index contributed by atoms with van der Waals surface area (Å²) in [5.41, 5.74) is 0.